The summed E-state index contributed by atoms with van der Waals surface area (Å²) in [6.07, 6.45) is 0.310. The van der Waals surface area contributed by atoms with E-state index in [9.17, 15) is 4.79 Å². The molecule has 4 rings (SSSR count). The molecule has 0 aliphatic carbocycles. The average Bonchev–Trinajstić information content (AvgIpc) is 2.59. The molecule has 1 aromatic heterocycles. The van der Waals surface area contributed by atoms with Gasteiger partial charge in [-0.2, -0.15) is 0 Å². The van der Waals surface area contributed by atoms with Crippen molar-refractivity contribution in [3.8, 4) is 5.88 Å². The Bertz CT molecular complexity index is 922. The molecule has 0 spiro atoms. The lowest BCUT2D eigenvalue weighted by atomic mass is 10.1. The number of nitrogens with zero attached hydrogens (tertiary/aromatic N) is 2. The van der Waals surface area contributed by atoms with Crippen molar-refractivity contribution in [1.82, 2.24) is 9.88 Å². The smallest absolute Gasteiger partial charge is 0.227 e. The van der Waals surface area contributed by atoms with Crippen LogP contribution < -0.4 is 4.74 Å². The maximum Gasteiger partial charge on any atom is 0.227 e. The van der Waals surface area contributed by atoms with Gasteiger partial charge in [0.2, 0.25) is 11.8 Å². The fourth-order valence-corrected chi connectivity index (χ4v) is 3.12. The van der Waals surface area contributed by atoms with Gasteiger partial charge in [-0.3, -0.25) is 4.79 Å². The fraction of sp³-hybridized carbons (Fsp3) is 0.200. The number of carbonyl (C=O) groups excluding carboxylic acids is 1. The number of ether oxygens (including phenoxy) is 1. The number of rotatable bonds is 4. The molecule has 4 nitrogen and oxygen atoms in total. The van der Waals surface area contributed by atoms with Gasteiger partial charge in [-0.1, -0.05) is 48.0 Å². The molecule has 1 aliphatic rings. The van der Waals surface area contributed by atoms with Crippen LogP contribution in [0.4, 0.5) is 0 Å². The Morgan fingerprint density at radius 3 is 2.68 bits per heavy atom. The third-order valence-corrected chi connectivity index (χ3v) is 4.73. The Hall–Kier alpha value is -2.59. The van der Waals surface area contributed by atoms with Crippen molar-refractivity contribution in [1.29, 1.82) is 0 Å². The van der Waals surface area contributed by atoms with E-state index in [0.29, 0.717) is 30.4 Å². The van der Waals surface area contributed by atoms with E-state index in [2.05, 4.69) is 4.98 Å². The number of carbonyl (C=O) groups is 1. The number of hydrogen-bond donors (Lipinski definition) is 0. The molecule has 1 saturated heterocycles. The Kier molecular flexibility index (Phi) is 4.28. The predicted molar refractivity (Wildman–Crippen MR) is 97.9 cm³/mol. The highest BCUT2D eigenvalue weighted by atomic mass is 35.5. The molecule has 0 radical (unpaired) electrons. The van der Waals surface area contributed by atoms with E-state index in [1.807, 2.05) is 54.6 Å². The van der Waals surface area contributed by atoms with Crippen LogP contribution in [0.1, 0.15) is 5.56 Å². The topological polar surface area (TPSA) is 42.4 Å². The van der Waals surface area contributed by atoms with Gasteiger partial charge in [0.15, 0.2) is 0 Å². The molecule has 1 amide bonds. The van der Waals surface area contributed by atoms with Crippen molar-refractivity contribution in [3.05, 3.63) is 71.2 Å². The van der Waals surface area contributed by atoms with Gasteiger partial charge in [0, 0.05) is 16.5 Å². The maximum absolute atomic E-state index is 12.3. The molecule has 1 aliphatic heterocycles. The molecule has 0 bridgehead atoms. The number of pyridine rings is 1. The van der Waals surface area contributed by atoms with Crippen molar-refractivity contribution in [2.45, 2.75) is 12.5 Å². The molecule has 5 heteroatoms. The molecular formula is C20H17ClN2O2. The van der Waals surface area contributed by atoms with Gasteiger partial charge < -0.3 is 9.64 Å². The van der Waals surface area contributed by atoms with Crippen LogP contribution in [0.5, 0.6) is 5.88 Å². The van der Waals surface area contributed by atoms with Gasteiger partial charge >= 0.3 is 0 Å². The molecule has 0 saturated carbocycles. The molecule has 1 fully saturated rings. The van der Waals surface area contributed by atoms with Gasteiger partial charge in [0.1, 0.15) is 6.10 Å². The Balaban J connectivity index is 1.33. The first-order chi connectivity index (χ1) is 12.2. The zero-order chi connectivity index (χ0) is 17.2. The van der Waals surface area contributed by atoms with Crippen LogP contribution >= 0.6 is 11.6 Å². The Labute approximate surface area is 151 Å². The fourth-order valence-electron chi connectivity index (χ4n) is 2.92. The lowest BCUT2D eigenvalue weighted by Gasteiger charge is -2.38. The normalized spacial score (nSPS) is 14.4. The van der Waals surface area contributed by atoms with Crippen LogP contribution in [0.25, 0.3) is 10.9 Å². The van der Waals surface area contributed by atoms with Gasteiger partial charge in [0.05, 0.1) is 25.0 Å². The van der Waals surface area contributed by atoms with E-state index in [1.54, 1.807) is 11.0 Å². The van der Waals surface area contributed by atoms with E-state index in [-0.39, 0.29) is 12.0 Å². The predicted octanol–water partition coefficient (Wildman–Crippen LogP) is 3.72. The summed E-state index contributed by atoms with van der Waals surface area (Å²) in [5.41, 5.74) is 1.76. The first-order valence-electron chi connectivity index (χ1n) is 8.23. The molecule has 2 heterocycles. The number of halogens is 1. The third-order valence-electron chi connectivity index (χ3n) is 4.36. The van der Waals surface area contributed by atoms with Crippen molar-refractivity contribution >= 4 is 28.4 Å². The Morgan fingerprint density at radius 2 is 1.84 bits per heavy atom. The zero-order valence-corrected chi connectivity index (χ0v) is 14.3. The highest BCUT2D eigenvalue weighted by molar-refractivity contribution is 6.31. The number of hydrogen-bond acceptors (Lipinski definition) is 3. The number of amides is 1. The number of benzene rings is 2. The summed E-state index contributed by atoms with van der Waals surface area (Å²) in [6, 6.07) is 19.2. The summed E-state index contributed by atoms with van der Waals surface area (Å²) in [4.78, 5) is 18.6. The first-order valence-corrected chi connectivity index (χ1v) is 8.60. The average molecular weight is 353 g/mol. The standard InChI is InChI=1S/C20H17ClN2O2/c21-17-7-3-1-6-15(17)11-20(24)23-12-16(13-23)25-19-10-9-14-5-2-4-8-18(14)22-19/h1-10,16H,11-13H2. The van der Waals surface area contributed by atoms with Crippen LogP contribution in [0.15, 0.2) is 60.7 Å². The maximum atomic E-state index is 12.3. The van der Waals surface area contributed by atoms with Crippen LogP contribution in [0.2, 0.25) is 5.02 Å². The molecule has 0 N–H and O–H groups in total. The molecule has 2 aromatic carbocycles. The second kappa shape index (κ2) is 6.73. The molecule has 0 unspecified atom stereocenters. The number of fused-ring (bicyclic) bond motifs is 1. The van der Waals surface area contributed by atoms with Crippen LogP contribution in [0.3, 0.4) is 0 Å². The summed E-state index contributed by atoms with van der Waals surface area (Å²) in [6.45, 7) is 1.16. The summed E-state index contributed by atoms with van der Waals surface area (Å²) in [7, 11) is 0. The monoisotopic (exact) mass is 352 g/mol. The highest BCUT2D eigenvalue weighted by Gasteiger charge is 2.32. The van der Waals surface area contributed by atoms with E-state index in [4.69, 9.17) is 16.3 Å². The molecule has 126 valence electrons. The molecular weight excluding hydrogens is 336 g/mol. The van der Waals surface area contributed by atoms with Crippen molar-refractivity contribution in [3.63, 3.8) is 0 Å². The van der Waals surface area contributed by atoms with Gasteiger partial charge in [-0.25, -0.2) is 4.98 Å². The van der Waals surface area contributed by atoms with Gasteiger partial charge in [-0.15, -0.1) is 0 Å². The first kappa shape index (κ1) is 15.9. The number of aromatic nitrogens is 1. The van der Waals surface area contributed by atoms with Crippen molar-refractivity contribution < 1.29 is 9.53 Å². The largest absolute Gasteiger partial charge is 0.471 e. The quantitative estimate of drug-likeness (QED) is 0.718. The summed E-state index contributed by atoms with van der Waals surface area (Å²) in [5, 5.41) is 1.71. The SMILES string of the molecule is O=C(Cc1ccccc1Cl)N1CC(Oc2ccc3ccccc3n2)C1. The lowest BCUT2D eigenvalue weighted by Crippen LogP contribution is -2.56. The second-order valence-corrected chi connectivity index (χ2v) is 6.56. The molecule has 3 aromatic rings. The van der Waals surface area contributed by atoms with E-state index in [0.717, 1.165) is 16.5 Å². The highest BCUT2D eigenvalue weighted by Crippen LogP contribution is 2.22. The van der Waals surface area contributed by atoms with Gasteiger partial charge in [-0.05, 0) is 23.8 Å². The minimum Gasteiger partial charge on any atom is -0.471 e. The number of likely N-dealkylation sites (tertiary alicyclic amines) is 1. The van der Waals surface area contributed by atoms with E-state index in [1.165, 1.54) is 0 Å². The minimum atomic E-state index is -0.0103. The lowest BCUT2D eigenvalue weighted by molar-refractivity contribution is -0.139. The number of para-hydroxylation sites is 1. The summed E-state index contributed by atoms with van der Waals surface area (Å²) in [5.74, 6) is 0.668. The zero-order valence-electron chi connectivity index (χ0n) is 13.6. The Morgan fingerprint density at radius 1 is 1.08 bits per heavy atom. The van der Waals surface area contributed by atoms with Crippen LogP contribution in [-0.4, -0.2) is 35.0 Å². The second-order valence-electron chi connectivity index (χ2n) is 6.15. The van der Waals surface area contributed by atoms with Crippen LogP contribution in [-0.2, 0) is 11.2 Å². The molecule has 0 atom stereocenters. The van der Waals surface area contributed by atoms with Gasteiger partial charge in [0.25, 0.3) is 0 Å². The van der Waals surface area contributed by atoms with E-state index >= 15 is 0 Å². The third kappa shape index (κ3) is 3.44. The van der Waals surface area contributed by atoms with Crippen molar-refractivity contribution in [2.75, 3.05) is 13.1 Å². The summed E-state index contributed by atoms with van der Waals surface area (Å²) >= 11 is 6.11. The minimum absolute atomic E-state index is 0.0103. The summed E-state index contributed by atoms with van der Waals surface area (Å²) < 4.78 is 5.88. The molecule has 25 heavy (non-hydrogen) atoms. The van der Waals surface area contributed by atoms with E-state index < -0.39 is 0 Å². The van der Waals surface area contributed by atoms with Crippen molar-refractivity contribution in [2.24, 2.45) is 0 Å². The van der Waals surface area contributed by atoms with Crippen LogP contribution in [0, 0.1) is 0 Å².